The molecule has 0 amide bonds. The zero-order chi connectivity index (χ0) is 11.7. The van der Waals surface area contributed by atoms with E-state index in [2.05, 4.69) is 5.10 Å². The summed E-state index contributed by atoms with van der Waals surface area (Å²) in [6, 6.07) is 6.45. The second-order valence-corrected chi connectivity index (χ2v) is 3.66. The van der Waals surface area contributed by atoms with Gasteiger partial charge in [0, 0.05) is 12.6 Å². The highest BCUT2D eigenvalue weighted by atomic mass is 19.1. The van der Waals surface area contributed by atoms with E-state index in [1.54, 1.807) is 32.2 Å². The molecule has 0 N–H and O–H groups in total. The van der Waals surface area contributed by atoms with Crippen molar-refractivity contribution < 1.29 is 9.18 Å². The fourth-order valence-electron chi connectivity index (χ4n) is 1.54. The molecule has 0 spiro atoms. The first-order valence-corrected chi connectivity index (χ1v) is 4.87. The molecule has 0 atom stereocenters. The molecule has 1 heterocycles. The van der Waals surface area contributed by atoms with Crippen LogP contribution in [-0.4, -0.2) is 16.1 Å². The summed E-state index contributed by atoms with van der Waals surface area (Å²) in [6.07, 6.45) is 0.743. The van der Waals surface area contributed by atoms with Gasteiger partial charge < -0.3 is 0 Å². The Balaban J connectivity index is 2.50. The summed E-state index contributed by atoms with van der Waals surface area (Å²) in [5.41, 5.74) is 2.54. The van der Waals surface area contributed by atoms with Crippen LogP contribution >= 0.6 is 0 Å². The normalized spacial score (nSPS) is 10.4. The van der Waals surface area contributed by atoms with Crippen molar-refractivity contribution in [3.05, 3.63) is 41.3 Å². The fraction of sp³-hybridized carbons (Fsp3) is 0.167. The Morgan fingerprint density at radius 2 is 2.12 bits per heavy atom. The third-order valence-corrected chi connectivity index (χ3v) is 2.49. The number of rotatable bonds is 2. The number of aromatic nitrogens is 2. The van der Waals surface area contributed by atoms with Gasteiger partial charge in [0.25, 0.3) is 0 Å². The smallest absolute Gasteiger partial charge is 0.168 e. The zero-order valence-electron chi connectivity index (χ0n) is 9.07. The number of benzene rings is 1. The van der Waals surface area contributed by atoms with Crippen LogP contribution in [0.5, 0.6) is 0 Å². The van der Waals surface area contributed by atoms with Gasteiger partial charge >= 0.3 is 0 Å². The van der Waals surface area contributed by atoms with E-state index in [4.69, 9.17) is 0 Å². The van der Waals surface area contributed by atoms with E-state index in [-0.39, 0.29) is 5.82 Å². The zero-order valence-corrected chi connectivity index (χ0v) is 9.07. The number of hydrogen-bond acceptors (Lipinski definition) is 2. The standard InChI is InChI=1S/C12H11FN2O/c1-8-5-9(3-4-11(8)13)12-6-10(7-16)15(2)14-12/h3-7H,1-2H3. The highest BCUT2D eigenvalue weighted by Gasteiger charge is 2.07. The largest absolute Gasteiger partial charge is 0.296 e. The number of hydrogen-bond donors (Lipinski definition) is 0. The van der Waals surface area contributed by atoms with Crippen molar-refractivity contribution >= 4 is 6.29 Å². The van der Waals surface area contributed by atoms with Crippen molar-refractivity contribution in [2.24, 2.45) is 7.05 Å². The first-order chi connectivity index (χ1) is 7.61. The number of carbonyl (C=O) groups is 1. The first kappa shape index (κ1) is 10.5. The van der Waals surface area contributed by atoms with Crippen LogP contribution in [0.15, 0.2) is 24.3 Å². The lowest BCUT2D eigenvalue weighted by molar-refractivity contribution is 0.111. The van der Waals surface area contributed by atoms with Crippen LogP contribution in [-0.2, 0) is 7.05 Å². The Labute approximate surface area is 92.5 Å². The molecule has 82 valence electrons. The van der Waals surface area contributed by atoms with E-state index in [9.17, 15) is 9.18 Å². The third kappa shape index (κ3) is 1.74. The van der Waals surface area contributed by atoms with Crippen LogP contribution in [0, 0.1) is 12.7 Å². The van der Waals surface area contributed by atoms with E-state index < -0.39 is 0 Å². The molecule has 2 rings (SSSR count). The second-order valence-electron chi connectivity index (χ2n) is 3.66. The van der Waals surface area contributed by atoms with Gasteiger partial charge in [0.1, 0.15) is 11.5 Å². The number of nitrogens with zero attached hydrogens (tertiary/aromatic N) is 2. The van der Waals surface area contributed by atoms with E-state index >= 15 is 0 Å². The monoisotopic (exact) mass is 218 g/mol. The van der Waals surface area contributed by atoms with Crippen LogP contribution in [0.25, 0.3) is 11.3 Å². The minimum Gasteiger partial charge on any atom is -0.296 e. The maximum atomic E-state index is 13.1. The molecule has 4 heteroatoms. The lowest BCUT2D eigenvalue weighted by Gasteiger charge is -1.99. The SMILES string of the molecule is Cc1cc(-c2cc(C=O)n(C)n2)ccc1F. The van der Waals surface area contributed by atoms with Crippen molar-refractivity contribution in [3.63, 3.8) is 0 Å². The Kier molecular flexibility index (Phi) is 2.56. The molecular formula is C12H11FN2O. The van der Waals surface area contributed by atoms with Gasteiger partial charge in [-0.1, -0.05) is 0 Å². The highest BCUT2D eigenvalue weighted by Crippen LogP contribution is 2.20. The fourth-order valence-corrected chi connectivity index (χ4v) is 1.54. The quantitative estimate of drug-likeness (QED) is 0.725. The molecule has 0 aliphatic heterocycles. The number of aryl methyl sites for hydroxylation is 2. The summed E-state index contributed by atoms with van der Waals surface area (Å²) in [7, 11) is 1.70. The summed E-state index contributed by atoms with van der Waals surface area (Å²) < 4.78 is 14.6. The maximum absolute atomic E-state index is 13.1. The first-order valence-electron chi connectivity index (χ1n) is 4.87. The molecule has 1 aromatic heterocycles. The molecule has 0 bridgehead atoms. The Morgan fingerprint density at radius 1 is 1.38 bits per heavy atom. The lowest BCUT2D eigenvalue weighted by Crippen LogP contribution is -1.95. The Hall–Kier alpha value is -1.97. The van der Waals surface area contributed by atoms with Crippen molar-refractivity contribution in [2.45, 2.75) is 6.92 Å². The average Bonchev–Trinajstić information content (AvgIpc) is 2.64. The van der Waals surface area contributed by atoms with Crippen molar-refractivity contribution in [1.82, 2.24) is 9.78 Å². The molecule has 0 aliphatic carbocycles. The third-order valence-electron chi connectivity index (χ3n) is 2.49. The second kappa shape index (κ2) is 3.89. The van der Waals surface area contributed by atoms with Gasteiger partial charge in [-0.15, -0.1) is 0 Å². The van der Waals surface area contributed by atoms with E-state index in [0.717, 1.165) is 11.8 Å². The molecule has 3 nitrogen and oxygen atoms in total. The molecule has 1 aromatic carbocycles. The summed E-state index contributed by atoms with van der Waals surface area (Å²) >= 11 is 0. The Morgan fingerprint density at radius 3 is 2.69 bits per heavy atom. The van der Waals surface area contributed by atoms with Crippen LogP contribution in [0.3, 0.4) is 0 Å². The molecule has 0 saturated heterocycles. The van der Waals surface area contributed by atoms with Gasteiger partial charge in [-0.3, -0.25) is 9.48 Å². The average molecular weight is 218 g/mol. The van der Waals surface area contributed by atoms with Crippen LogP contribution in [0.4, 0.5) is 4.39 Å². The van der Waals surface area contributed by atoms with E-state index in [0.29, 0.717) is 17.0 Å². The summed E-state index contributed by atoms with van der Waals surface area (Å²) in [5, 5.41) is 4.19. The summed E-state index contributed by atoms with van der Waals surface area (Å²) in [5.74, 6) is -0.240. The summed E-state index contributed by atoms with van der Waals surface area (Å²) in [6.45, 7) is 1.70. The highest BCUT2D eigenvalue weighted by molar-refractivity contribution is 5.75. The lowest BCUT2D eigenvalue weighted by atomic mass is 10.1. The molecule has 0 saturated carbocycles. The maximum Gasteiger partial charge on any atom is 0.168 e. The molecule has 0 radical (unpaired) electrons. The molecule has 0 unspecified atom stereocenters. The van der Waals surface area contributed by atoms with Crippen molar-refractivity contribution in [1.29, 1.82) is 0 Å². The van der Waals surface area contributed by atoms with Gasteiger partial charge in [-0.25, -0.2) is 4.39 Å². The number of halogens is 1. The predicted molar refractivity (Wildman–Crippen MR) is 58.7 cm³/mol. The van der Waals surface area contributed by atoms with Crippen molar-refractivity contribution in [2.75, 3.05) is 0 Å². The van der Waals surface area contributed by atoms with Gasteiger partial charge in [-0.05, 0) is 36.8 Å². The summed E-state index contributed by atoms with van der Waals surface area (Å²) in [4.78, 5) is 10.7. The Bertz CT molecular complexity index is 546. The minimum absolute atomic E-state index is 0.240. The van der Waals surface area contributed by atoms with Crippen LogP contribution in [0.1, 0.15) is 16.1 Å². The molecule has 0 aliphatic rings. The number of carbonyl (C=O) groups excluding carboxylic acids is 1. The van der Waals surface area contributed by atoms with Gasteiger partial charge in [0.15, 0.2) is 6.29 Å². The minimum atomic E-state index is -0.240. The van der Waals surface area contributed by atoms with Gasteiger partial charge in [0.2, 0.25) is 0 Å². The molecule has 0 fully saturated rings. The van der Waals surface area contributed by atoms with E-state index in [1.165, 1.54) is 10.7 Å². The predicted octanol–water partition coefficient (Wildman–Crippen LogP) is 2.35. The van der Waals surface area contributed by atoms with Crippen LogP contribution in [0.2, 0.25) is 0 Å². The van der Waals surface area contributed by atoms with Gasteiger partial charge in [0.05, 0.1) is 5.69 Å². The van der Waals surface area contributed by atoms with Crippen molar-refractivity contribution in [3.8, 4) is 11.3 Å². The molecule has 16 heavy (non-hydrogen) atoms. The van der Waals surface area contributed by atoms with Gasteiger partial charge in [-0.2, -0.15) is 5.10 Å². The number of aldehydes is 1. The van der Waals surface area contributed by atoms with E-state index in [1.807, 2.05) is 0 Å². The van der Waals surface area contributed by atoms with Crippen LogP contribution < -0.4 is 0 Å². The molecule has 2 aromatic rings. The molecular weight excluding hydrogens is 207 g/mol. The topological polar surface area (TPSA) is 34.9 Å².